The van der Waals surface area contributed by atoms with Gasteiger partial charge in [0.2, 0.25) is 0 Å². The van der Waals surface area contributed by atoms with E-state index in [1.807, 2.05) is 43.3 Å². The first kappa shape index (κ1) is 22.3. The molecule has 1 fully saturated rings. The van der Waals surface area contributed by atoms with Gasteiger partial charge in [0, 0.05) is 12.6 Å². The topological polar surface area (TPSA) is 63.7 Å². The van der Waals surface area contributed by atoms with E-state index in [2.05, 4.69) is 32.9 Å². The number of nitrogens with zero attached hydrogens (tertiary/aromatic N) is 1. The minimum Gasteiger partial charge on any atom is -0.484 e. The molecule has 30 heavy (non-hydrogen) atoms. The van der Waals surface area contributed by atoms with Gasteiger partial charge in [-0.25, -0.2) is 8.42 Å². The summed E-state index contributed by atoms with van der Waals surface area (Å²) < 4.78 is 29.7. The third-order valence-electron chi connectivity index (χ3n) is 5.53. The van der Waals surface area contributed by atoms with E-state index < -0.39 is 9.84 Å². The van der Waals surface area contributed by atoms with Crippen molar-refractivity contribution in [1.29, 1.82) is 0 Å². The average Bonchev–Trinajstić information content (AvgIpc) is 3.04. The molecule has 2 aromatic rings. The van der Waals surface area contributed by atoms with Crippen molar-refractivity contribution >= 4 is 15.7 Å². The molecule has 5 nitrogen and oxygen atoms in total. The summed E-state index contributed by atoms with van der Waals surface area (Å²) in [7, 11) is -3.10. The van der Waals surface area contributed by atoms with Crippen LogP contribution in [-0.4, -0.2) is 43.4 Å². The fourth-order valence-corrected chi connectivity index (χ4v) is 5.34. The Morgan fingerprint density at radius 3 is 2.23 bits per heavy atom. The van der Waals surface area contributed by atoms with Gasteiger partial charge in [-0.3, -0.25) is 4.79 Å². The number of aryl methyl sites for hydroxylation is 1. The zero-order valence-electron chi connectivity index (χ0n) is 18.2. The predicted octanol–water partition coefficient (Wildman–Crippen LogP) is 3.89. The first-order chi connectivity index (χ1) is 14.0. The third-order valence-corrected chi connectivity index (χ3v) is 7.28. The van der Waals surface area contributed by atoms with Gasteiger partial charge in [0.05, 0.1) is 11.5 Å². The summed E-state index contributed by atoms with van der Waals surface area (Å²) in [4.78, 5) is 14.7. The summed E-state index contributed by atoms with van der Waals surface area (Å²) in [5.74, 6) is 0.576. The number of carbonyl (C=O) groups is 1. The van der Waals surface area contributed by atoms with Crippen LogP contribution >= 0.6 is 0 Å². The molecular formula is C24H31NO4S. The minimum atomic E-state index is -3.10. The van der Waals surface area contributed by atoms with Crippen LogP contribution in [0.15, 0.2) is 48.5 Å². The van der Waals surface area contributed by atoms with Gasteiger partial charge < -0.3 is 9.64 Å². The lowest BCUT2D eigenvalue weighted by molar-refractivity contribution is -0.136. The third kappa shape index (κ3) is 5.85. The summed E-state index contributed by atoms with van der Waals surface area (Å²) in [6, 6.07) is 15.4. The van der Waals surface area contributed by atoms with Crippen LogP contribution in [0.2, 0.25) is 0 Å². The van der Waals surface area contributed by atoms with Gasteiger partial charge in [-0.15, -0.1) is 0 Å². The standard InChI is InChI=1S/C24H31NO4S/c1-18-5-11-22(12-6-18)29-16-23(26)25(21-13-14-30(27,28)17-21)15-19-7-9-20(10-8-19)24(2,3)4/h5-12,21H,13-17H2,1-4H3/t21-/m1/s1. The summed E-state index contributed by atoms with van der Waals surface area (Å²) in [5.41, 5.74) is 3.37. The summed E-state index contributed by atoms with van der Waals surface area (Å²) in [5, 5.41) is 0. The maximum Gasteiger partial charge on any atom is 0.261 e. The Morgan fingerprint density at radius 2 is 1.70 bits per heavy atom. The van der Waals surface area contributed by atoms with Crippen molar-refractivity contribution in [2.75, 3.05) is 18.1 Å². The first-order valence-electron chi connectivity index (χ1n) is 10.3. The number of hydrogen-bond acceptors (Lipinski definition) is 4. The molecule has 1 saturated heterocycles. The second-order valence-electron chi connectivity index (χ2n) is 9.13. The van der Waals surface area contributed by atoms with Crippen LogP contribution in [0.1, 0.15) is 43.9 Å². The van der Waals surface area contributed by atoms with Crippen molar-refractivity contribution in [3.05, 3.63) is 65.2 Å². The fourth-order valence-electron chi connectivity index (χ4n) is 3.61. The maximum atomic E-state index is 13.0. The van der Waals surface area contributed by atoms with E-state index in [-0.39, 0.29) is 35.5 Å². The van der Waals surface area contributed by atoms with Crippen molar-refractivity contribution in [3.63, 3.8) is 0 Å². The highest BCUT2D eigenvalue weighted by Crippen LogP contribution is 2.24. The average molecular weight is 430 g/mol. The molecule has 1 aliphatic rings. The predicted molar refractivity (Wildman–Crippen MR) is 119 cm³/mol. The molecule has 3 rings (SSSR count). The zero-order valence-corrected chi connectivity index (χ0v) is 19.0. The molecule has 1 atom stereocenters. The molecular weight excluding hydrogens is 398 g/mol. The Hall–Kier alpha value is -2.34. The molecule has 0 aliphatic carbocycles. The molecule has 162 valence electrons. The highest BCUT2D eigenvalue weighted by molar-refractivity contribution is 7.91. The van der Waals surface area contributed by atoms with Crippen LogP contribution in [0.25, 0.3) is 0 Å². The second kappa shape index (κ2) is 8.80. The Bertz CT molecular complexity index is 973. The molecule has 0 saturated carbocycles. The monoisotopic (exact) mass is 429 g/mol. The molecule has 0 radical (unpaired) electrons. The summed E-state index contributed by atoms with van der Waals surface area (Å²) >= 11 is 0. The van der Waals surface area contributed by atoms with Crippen LogP contribution in [0.5, 0.6) is 5.75 Å². The largest absolute Gasteiger partial charge is 0.484 e. The lowest BCUT2D eigenvalue weighted by Crippen LogP contribution is -2.43. The van der Waals surface area contributed by atoms with Gasteiger partial charge in [-0.05, 0) is 42.0 Å². The molecule has 0 bridgehead atoms. The SMILES string of the molecule is Cc1ccc(OCC(=O)N(Cc2ccc(C(C)(C)C)cc2)[C@@H]2CCS(=O)(=O)C2)cc1. The molecule has 0 N–H and O–H groups in total. The highest BCUT2D eigenvalue weighted by Gasteiger charge is 2.34. The molecule has 1 heterocycles. The number of ether oxygens (including phenoxy) is 1. The van der Waals surface area contributed by atoms with E-state index in [9.17, 15) is 13.2 Å². The molecule has 6 heteroatoms. The van der Waals surface area contributed by atoms with E-state index in [0.717, 1.165) is 11.1 Å². The highest BCUT2D eigenvalue weighted by atomic mass is 32.2. The molecule has 0 aromatic heterocycles. The Morgan fingerprint density at radius 1 is 1.07 bits per heavy atom. The number of carbonyl (C=O) groups excluding carboxylic acids is 1. The number of benzene rings is 2. The van der Waals surface area contributed by atoms with Crippen LogP contribution < -0.4 is 4.74 Å². The molecule has 1 aliphatic heterocycles. The van der Waals surface area contributed by atoms with Gasteiger partial charge in [0.1, 0.15) is 5.75 Å². The fraction of sp³-hybridized carbons (Fsp3) is 0.458. The molecule has 0 unspecified atom stereocenters. The van der Waals surface area contributed by atoms with Crippen molar-refractivity contribution in [1.82, 2.24) is 4.90 Å². The van der Waals surface area contributed by atoms with Gasteiger partial charge in [-0.1, -0.05) is 62.7 Å². The van der Waals surface area contributed by atoms with E-state index in [1.165, 1.54) is 5.56 Å². The number of rotatable bonds is 6. The molecule has 0 spiro atoms. The van der Waals surface area contributed by atoms with E-state index >= 15 is 0 Å². The Balaban J connectivity index is 1.74. The van der Waals surface area contributed by atoms with Crippen LogP contribution in [0.4, 0.5) is 0 Å². The number of amides is 1. The number of hydrogen-bond donors (Lipinski definition) is 0. The first-order valence-corrected chi connectivity index (χ1v) is 12.1. The second-order valence-corrected chi connectivity index (χ2v) is 11.4. The smallest absolute Gasteiger partial charge is 0.261 e. The number of sulfone groups is 1. The van der Waals surface area contributed by atoms with Gasteiger partial charge >= 0.3 is 0 Å². The summed E-state index contributed by atoms with van der Waals surface area (Å²) in [6.45, 7) is 8.72. The van der Waals surface area contributed by atoms with Crippen molar-refractivity contribution < 1.29 is 17.9 Å². The quantitative estimate of drug-likeness (QED) is 0.699. The van der Waals surface area contributed by atoms with Crippen LogP contribution in [0, 0.1) is 6.92 Å². The molecule has 2 aromatic carbocycles. The summed E-state index contributed by atoms with van der Waals surface area (Å²) in [6.07, 6.45) is 0.471. The van der Waals surface area contributed by atoms with Crippen molar-refractivity contribution in [2.45, 2.75) is 52.1 Å². The Labute approximate surface area is 180 Å². The van der Waals surface area contributed by atoms with E-state index in [1.54, 1.807) is 4.90 Å². The normalized spacial score (nSPS) is 18.2. The Kier molecular flexibility index (Phi) is 6.56. The van der Waals surface area contributed by atoms with Gasteiger partial charge in [0.25, 0.3) is 5.91 Å². The van der Waals surface area contributed by atoms with E-state index in [0.29, 0.717) is 18.7 Å². The zero-order chi connectivity index (χ0) is 21.9. The lowest BCUT2D eigenvalue weighted by Gasteiger charge is -2.29. The minimum absolute atomic E-state index is 0.0172. The molecule has 1 amide bonds. The van der Waals surface area contributed by atoms with Crippen LogP contribution in [-0.2, 0) is 26.6 Å². The lowest BCUT2D eigenvalue weighted by atomic mass is 9.86. The van der Waals surface area contributed by atoms with E-state index in [4.69, 9.17) is 4.74 Å². The van der Waals surface area contributed by atoms with Gasteiger partial charge in [0.15, 0.2) is 16.4 Å². The maximum absolute atomic E-state index is 13.0. The van der Waals surface area contributed by atoms with Crippen LogP contribution in [0.3, 0.4) is 0 Å². The van der Waals surface area contributed by atoms with Crippen molar-refractivity contribution in [3.8, 4) is 5.75 Å². The van der Waals surface area contributed by atoms with Gasteiger partial charge in [-0.2, -0.15) is 0 Å². The van der Waals surface area contributed by atoms with Crippen molar-refractivity contribution in [2.24, 2.45) is 0 Å².